The molecule has 0 atom stereocenters. The monoisotopic (exact) mass is 646 g/mol. The van der Waals surface area contributed by atoms with Gasteiger partial charge in [-0.1, -0.05) is 83.9 Å². The maximum atomic E-state index is 13.6. The Kier molecular flexibility index (Phi) is 9.22. The minimum absolute atomic E-state index is 0.237. The number of urea groups is 1. The predicted molar refractivity (Wildman–Crippen MR) is 182 cm³/mol. The standard InChI is InChI=1S/C38H31ClN2O6/c1-3-45-34-21-26(20-33(39)35(34)47-23-28-9-6-8-27-7-4-5-10-31(27)28)19-32-36(42)40-38(44)41(37(32)43)29-15-17-30(18-16-29)46-22-25-13-11-24(2)12-14-25/h4-21H,3,22-23H2,1-2H3,(H,40,42,44)/b32-19+. The third-order valence-corrected chi connectivity index (χ3v) is 7.90. The van der Waals surface area contributed by atoms with E-state index in [9.17, 15) is 14.4 Å². The second-order valence-electron chi connectivity index (χ2n) is 10.9. The zero-order chi connectivity index (χ0) is 32.9. The smallest absolute Gasteiger partial charge is 0.335 e. The Hall–Kier alpha value is -5.60. The van der Waals surface area contributed by atoms with Gasteiger partial charge in [-0.15, -0.1) is 0 Å². The minimum Gasteiger partial charge on any atom is -0.490 e. The van der Waals surface area contributed by atoms with Gasteiger partial charge >= 0.3 is 6.03 Å². The highest BCUT2D eigenvalue weighted by Crippen LogP contribution is 2.38. The number of fused-ring (bicyclic) bond motifs is 1. The molecule has 0 saturated carbocycles. The summed E-state index contributed by atoms with van der Waals surface area (Å²) < 4.78 is 17.9. The summed E-state index contributed by atoms with van der Waals surface area (Å²) in [6.07, 6.45) is 1.37. The molecule has 0 radical (unpaired) electrons. The number of benzene rings is 5. The predicted octanol–water partition coefficient (Wildman–Crippen LogP) is 8.02. The van der Waals surface area contributed by atoms with Gasteiger partial charge in [0, 0.05) is 0 Å². The molecule has 5 aromatic carbocycles. The van der Waals surface area contributed by atoms with Crippen LogP contribution in [0.25, 0.3) is 16.8 Å². The lowest BCUT2D eigenvalue weighted by Gasteiger charge is -2.26. The molecule has 0 aliphatic carbocycles. The quantitative estimate of drug-likeness (QED) is 0.122. The van der Waals surface area contributed by atoms with E-state index in [0.717, 1.165) is 32.4 Å². The number of anilines is 1. The number of carbonyl (C=O) groups excluding carboxylic acids is 3. The van der Waals surface area contributed by atoms with Crippen LogP contribution in [0.5, 0.6) is 17.2 Å². The van der Waals surface area contributed by atoms with Gasteiger partial charge in [-0.3, -0.25) is 14.9 Å². The Morgan fingerprint density at radius 2 is 1.55 bits per heavy atom. The number of aryl methyl sites for hydroxylation is 1. The third kappa shape index (κ3) is 6.98. The summed E-state index contributed by atoms with van der Waals surface area (Å²) in [4.78, 5) is 40.1. The lowest BCUT2D eigenvalue weighted by atomic mass is 10.1. The number of ether oxygens (including phenoxy) is 3. The highest BCUT2D eigenvalue weighted by atomic mass is 35.5. The molecule has 1 aliphatic heterocycles. The molecular formula is C38H31ClN2O6. The van der Waals surface area contributed by atoms with Crippen LogP contribution in [0, 0.1) is 6.92 Å². The number of hydrogen-bond donors (Lipinski definition) is 1. The van der Waals surface area contributed by atoms with Crippen LogP contribution >= 0.6 is 11.6 Å². The fourth-order valence-electron chi connectivity index (χ4n) is 5.24. The van der Waals surface area contributed by atoms with E-state index in [1.165, 1.54) is 6.08 Å². The topological polar surface area (TPSA) is 94.2 Å². The van der Waals surface area contributed by atoms with Crippen LogP contribution < -0.4 is 24.4 Å². The number of barbiturate groups is 1. The van der Waals surface area contributed by atoms with Crippen LogP contribution in [0.1, 0.15) is 29.2 Å². The molecule has 0 bridgehead atoms. The van der Waals surface area contributed by atoms with Crippen molar-refractivity contribution < 1.29 is 28.6 Å². The second kappa shape index (κ2) is 13.8. The fourth-order valence-corrected chi connectivity index (χ4v) is 5.52. The SMILES string of the molecule is CCOc1cc(/C=C2\C(=O)NC(=O)N(c3ccc(OCc4ccc(C)cc4)cc3)C2=O)cc(Cl)c1OCc1cccc2ccccc12. The average Bonchev–Trinajstić information content (AvgIpc) is 3.07. The van der Waals surface area contributed by atoms with Gasteiger partial charge in [0.2, 0.25) is 0 Å². The molecule has 4 amide bonds. The van der Waals surface area contributed by atoms with Crippen LogP contribution in [-0.4, -0.2) is 24.5 Å². The maximum Gasteiger partial charge on any atom is 0.335 e. The van der Waals surface area contributed by atoms with E-state index in [1.54, 1.807) is 36.4 Å². The summed E-state index contributed by atoms with van der Waals surface area (Å²) in [7, 11) is 0. The number of nitrogens with zero attached hydrogens (tertiary/aromatic N) is 1. The van der Waals surface area contributed by atoms with E-state index in [1.807, 2.05) is 80.6 Å². The fraction of sp³-hybridized carbons (Fsp3) is 0.132. The number of hydrogen-bond acceptors (Lipinski definition) is 6. The van der Waals surface area contributed by atoms with Gasteiger partial charge in [-0.05, 0) is 83.8 Å². The number of halogens is 1. The molecule has 1 heterocycles. The lowest BCUT2D eigenvalue weighted by molar-refractivity contribution is -0.122. The van der Waals surface area contributed by atoms with Crippen molar-refractivity contribution in [3.8, 4) is 17.2 Å². The summed E-state index contributed by atoms with van der Waals surface area (Å²) >= 11 is 6.68. The van der Waals surface area contributed by atoms with Gasteiger partial charge in [0.05, 0.1) is 17.3 Å². The summed E-state index contributed by atoms with van der Waals surface area (Å²) in [6.45, 7) is 4.78. The molecule has 1 N–H and O–H groups in total. The molecule has 0 aromatic heterocycles. The molecule has 6 rings (SSSR count). The molecule has 0 spiro atoms. The van der Waals surface area contributed by atoms with Gasteiger partial charge in [0.15, 0.2) is 11.5 Å². The molecule has 1 fully saturated rings. The number of imide groups is 2. The number of carbonyl (C=O) groups is 3. The Morgan fingerprint density at radius 3 is 2.32 bits per heavy atom. The van der Waals surface area contributed by atoms with E-state index < -0.39 is 17.8 Å². The summed E-state index contributed by atoms with van der Waals surface area (Å²) in [5.41, 5.74) is 3.60. The number of nitrogens with one attached hydrogen (secondary N) is 1. The molecular weight excluding hydrogens is 616 g/mol. The van der Waals surface area contributed by atoms with Gasteiger partial charge in [0.25, 0.3) is 11.8 Å². The third-order valence-electron chi connectivity index (χ3n) is 7.62. The van der Waals surface area contributed by atoms with Gasteiger partial charge in [-0.2, -0.15) is 0 Å². The highest BCUT2D eigenvalue weighted by Gasteiger charge is 2.37. The summed E-state index contributed by atoms with van der Waals surface area (Å²) in [6, 6.07) is 30.9. The van der Waals surface area contributed by atoms with Crippen molar-refractivity contribution in [3.05, 3.63) is 136 Å². The largest absolute Gasteiger partial charge is 0.490 e. The van der Waals surface area contributed by atoms with Crippen molar-refractivity contribution >= 4 is 52.0 Å². The van der Waals surface area contributed by atoms with Crippen molar-refractivity contribution in [1.82, 2.24) is 5.32 Å². The Balaban J connectivity index is 1.22. The zero-order valence-corrected chi connectivity index (χ0v) is 26.5. The first-order valence-electron chi connectivity index (χ1n) is 15.1. The molecule has 47 heavy (non-hydrogen) atoms. The van der Waals surface area contributed by atoms with E-state index in [0.29, 0.717) is 36.0 Å². The van der Waals surface area contributed by atoms with Gasteiger partial charge in [0.1, 0.15) is 24.5 Å². The van der Waals surface area contributed by atoms with Crippen molar-refractivity contribution in [2.75, 3.05) is 11.5 Å². The average molecular weight is 647 g/mol. The first-order valence-corrected chi connectivity index (χ1v) is 15.4. The van der Waals surface area contributed by atoms with Crippen molar-refractivity contribution in [2.24, 2.45) is 0 Å². The van der Waals surface area contributed by atoms with Crippen molar-refractivity contribution in [2.45, 2.75) is 27.1 Å². The van der Waals surface area contributed by atoms with Gasteiger partial charge in [-0.25, -0.2) is 9.69 Å². The molecule has 1 saturated heterocycles. The van der Waals surface area contributed by atoms with E-state index in [4.69, 9.17) is 25.8 Å². The normalized spacial score (nSPS) is 14.0. The molecule has 8 nitrogen and oxygen atoms in total. The van der Waals surface area contributed by atoms with Crippen molar-refractivity contribution in [3.63, 3.8) is 0 Å². The zero-order valence-electron chi connectivity index (χ0n) is 25.8. The first-order chi connectivity index (χ1) is 22.8. The van der Waals surface area contributed by atoms with Crippen molar-refractivity contribution in [1.29, 1.82) is 0 Å². The van der Waals surface area contributed by atoms with Crippen LogP contribution in [0.15, 0.2) is 109 Å². The van der Waals surface area contributed by atoms with Gasteiger partial charge < -0.3 is 14.2 Å². The Labute approximate surface area is 277 Å². The second-order valence-corrected chi connectivity index (χ2v) is 11.3. The van der Waals surface area contributed by atoms with Crippen LogP contribution in [0.4, 0.5) is 10.5 Å². The number of rotatable bonds is 10. The van der Waals surface area contributed by atoms with E-state index in [-0.39, 0.29) is 22.9 Å². The minimum atomic E-state index is -0.851. The highest BCUT2D eigenvalue weighted by molar-refractivity contribution is 6.39. The Bertz CT molecular complexity index is 2000. The molecule has 1 aliphatic rings. The molecule has 0 unspecified atom stereocenters. The summed E-state index contributed by atoms with van der Waals surface area (Å²) in [5.74, 6) is -0.349. The Morgan fingerprint density at radius 1 is 0.809 bits per heavy atom. The van der Waals surface area contributed by atoms with Crippen LogP contribution in [0.3, 0.4) is 0 Å². The van der Waals surface area contributed by atoms with E-state index >= 15 is 0 Å². The van der Waals surface area contributed by atoms with Crippen LogP contribution in [-0.2, 0) is 22.8 Å². The number of amides is 4. The maximum absolute atomic E-state index is 13.6. The molecule has 5 aromatic rings. The van der Waals surface area contributed by atoms with E-state index in [2.05, 4.69) is 5.32 Å². The first kappa shape index (κ1) is 31.4. The molecule has 236 valence electrons. The summed E-state index contributed by atoms with van der Waals surface area (Å²) in [5, 5.41) is 4.65. The van der Waals surface area contributed by atoms with Crippen LogP contribution in [0.2, 0.25) is 5.02 Å². The molecule has 9 heteroatoms. The lowest BCUT2D eigenvalue weighted by Crippen LogP contribution is -2.54.